The van der Waals surface area contributed by atoms with Crippen LogP contribution in [-0.4, -0.2) is 28.9 Å². The van der Waals surface area contributed by atoms with Crippen molar-refractivity contribution in [2.45, 2.75) is 18.9 Å². The van der Waals surface area contributed by atoms with Crippen molar-refractivity contribution >= 4 is 44.7 Å². The van der Waals surface area contributed by atoms with E-state index < -0.39 is 0 Å². The first-order valence-electron chi connectivity index (χ1n) is 8.73. The number of rotatable bonds is 4. The van der Waals surface area contributed by atoms with E-state index in [4.69, 9.17) is 16.6 Å². The van der Waals surface area contributed by atoms with E-state index >= 15 is 0 Å². The van der Waals surface area contributed by atoms with Crippen LogP contribution in [0, 0.1) is 11.3 Å². The van der Waals surface area contributed by atoms with Gasteiger partial charge >= 0.3 is 0 Å². The molecule has 0 aliphatic carbocycles. The number of hydrogen-bond donors (Lipinski definition) is 1. The molecule has 0 unspecified atom stereocenters. The maximum absolute atomic E-state index is 12.6. The second kappa shape index (κ2) is 7.65. The number of amides is 1. The van der Waals surface area contributed by atoms with Crippen molar-refractivity contribution in [2.75, 3.05) is 18.4 Å². The van der Waals surface area contributed by atoms with Crippen LogP contribution in [0.25, 0.3) is 10.2 Å². The van der Waals surface area contributed by atoms with Crippen molar-refractivity contribution in [1.82, 2.24) is 9.88 Å². The van der Waals surface area contributed by atoms with Crippen LogP contribution in [0.4, 0.5) is 5.69 Å². The Morgan fingerprint density at radius 1 is 1.37 bits per heavy atom. The highest BCUT2D eigenvalue weighted by atomic mass is 35.5. The molecule has 5 nitrogen and oxygen atoms in total. The Balaban J connectivity index is 1.49. The van der Waals surface area contributed by atoms with E-state index in [0.717, 1.165) is 29.9 Å². The predicted octanol–water partition coefficient (Wildman–Crippen LogP) is 4.60. The van der Waals surface area contributed by atoms with Crippen molar-refractivity contribution < 1.29 is 4.79 Å². The molecule has 1 atom stereocenters. The summed E-state index contributed by atoms with van der Waals surface area (Å²) in [4.78, 5) is 19.5. The standard InChI is InChI=1S/C20H17ClN4OS/c21-14-8-7-13(11-22)16(10-14)23-19(26)12-25-9-3-5-17(25)20-24-15-4-1-2-6-18(15)27-20/h1-2,4,6-8,10,17H,3,5,9,12H2,(H,23,26)/t17-/m1/s1. The van der Waals surface area contributed by atoms with Gasteiger partial charge < -0.3 is 5.32 Å². The minimum absolute atomic E-state index is 0.151. The van der Waals surface area contributed by atoms with Crippen molar-refractivity contribution in [1.29, 1.82) is 5.26 Å². The van der Waals surface area contributed by atoms with Gasteiger partial charge in [0.1, 0.15) is 11.1 Å². The summed E-state index contributed by atoms with van der Waals surface area (Å²) in [6, 6.07) is 15.2. The Kier molecular flexibility index (Phi) is 5.08. The number of nitrogens with zero attached hydrogens (tertiary/aromatic N) is 3. The van der Waals surface area contributed by atoms with Crippen LogP contribution in [0.5, 0.6) is 0 Å². The number of likely N-dealkylation sites (tertiary alicyclic amines) is 1. The molecule has 1 aliphatic rings. The van der Waals surface area contributed by atoms with Crippen molar-refractivity contribution in [2.24, 2.45) is 0 Å². The Morgan fingerprint density at radius 3 is 3.04 bits per heavy atom. The molecule has 4 rings (SSSR count). The predicted molar refractivity (Wildman–Crippen MR) is 108 cm³/mol. The van der Waals surface area contributed by atoms with Crippen LogP contribution in [0.1, 0.15) is 29.5 Å². The summed E-state index contributed by atoms with van der Waals surface area (Å²) >= 11 is 7.68. The van der Waals surface area contributed by atoms with Crippen LogP contribution >= 0.6 is 22.9 Å². The maximum atomic E-state index is 12.6. The summed E-state index contributed by atoms with van der Waals surface area (Å²) in [6.45, 7) is 1.12. The lowest BCUT2D eigenvalue weighted by Gasteiger charge is -2.22. The molecule has 7 heteroatoms. The summed E-state index contributed by atoms with van der Waals surface area (Å²) in [7, 11) is 0. The third kappa shape index (κ3) is 3.81. The number of carbonyl (C=O) groups excluding carboxylic acids is 1. The molecule has 1 fully saturated rings. The number of halogens is 1. The Labute approximate surface area is 166 Å². The van der Waals surface area contributed by atoms with E-state index in [2.05, 4.69) is 22.4 Å². The zero-order valence-corrected chi connectivity index (χ0v) is 16.1. The van der Waals surface area contributed by atoms with Crippen molar-refractivity contribution in [3.63, 3.8) is 0 Å². The molecule has 0 bridgehead atoms. The van der Waals surface area contributed by atoms with E-state index in [-0.39, 0.29) is 18.5 Å². The van der Waals surface area contributed by atoms with Gasteiger partial charge in [0, 0.05) is 5.02 Å². The van der Waals surface area contributed by atoms with Crippen molar-refractivity contribution in [3.8, 4) is 6.07 Å². The number of thiazole rings is 1. The average molecular weight is 397 g/mol. The van der Waals surface area contributed by atoms with E-state index in [1.54, 1.807) is 29.5 Å². The molecule has 1 N–H and O–H groups in total. The quantitative estimate of drug-likeness (QED) is 0.699. The summed E-state index contributed by atoms with van der Waals surface area (Å²) in [5.41, 5.74) is 1.86. The van der Waals surface area contributed by atoms with Crippen LogP contribution < -0.4 is 5.32 Å². The SMILES string of the molecule is N#Cc1ccc(Cl)cc1NC(=O)CN1CCC[C@@H]1c1nc2ccccc2s1. The smallest absolute Gasteiger partial charge is 0.238 e. The minimum Gasteiger partial charge on any atom is -0.324 e. The molecular weight excluding hydrogens is 380 g/mol. The molecular formula is C20H17ClN4OS. The first-order valence-corrected chi connectivity index (χ1v) is 9.92. The number of fused-ring (bicyclic) bond motifs is 1. The van der Waals surface area contributed by atoms with E-state index in [0.29, 0.717) is 16.3 Å². The molecule has 2 aromatic carbocycles. The fraction of sp³-hybridized carbons (Fsp3) is 0.250. The molecule has 136 valence electrons. The lowest BCUT2D eigenvalue weighted by atomic mass is 10.2. The third-order valence-electron chi connectivity index (χ3n) is 4.68. The lowest BCUT2D eigenvalue weighted by Crippen LogP contribution is -2.33. The summed E-state index contributed by atoms with van der Waals surface area (Å²) < 4.78 is 1.17. The highest BCUT2D eigenvalue weighted by Crippen LogP contribution is 2.36. The Morgan fingerprint density at radius 2 is 2.22 bits per heavy atom. The van der Waals surface area contributed by atoms with E-state index in [1.807, 2.05) is 18.2 Å². The third-order valence-corrected chi connectivity index (χ3v) is 6.05. The summed E-state index contributed by atoms with van der Waals surface area (Å²) in [6.07, 6.45) is 2.03. The molecule has 2 heterocycles. The lowest BCUT2D eigenvalue weighted by molar-refractivity contribution is -0.117. The van der Waals surface area contributed by atoms with Gasteiger partial charge in [0.25, 0.3) is 0 Å². The van der Waals surface area contributed by atoms with Crippen LogP contribution in [0.15, 0.2) is 42.5 Å². The monoisotopic (exact) mass is 396 g/mol. The van der Waals surface area contributed by atoms with Gasteiger partial charge in [-0.15, -0.1) is 11.3 Å². The first-order chi connectivity index (χ1) is 13.1. The topological polar surface area (TPSA) is 69.0 Å². The van der Waals surface area contributed by atoms with Gasteiger partial charge in [0.15, 0.2) is 0 Å². The number of benzene rings is 2. The molecule has 0 radical (unpaired) electrons. The van der Waals surface area contributed by atoms with Gasteiger partial charge in [0.05, 0.1) is 34.1 Å². The normalized spacial score (nSPS) is 17.1. The molecule has 3 aromatic rings. The van der Waals surface area contributed by atoms with E-state index in [1.165, 1.54) is 4.70 Å². The number of anilines is 1. The molecule has 1 amide bonds. The fourth-order valence-corrected chi connectivity index (χ4v) is 4.73. The van der Waals surface area contributed by atoms with Gasteiger partial charge in [-0.2, -0.15) is 5.26 Å². The Hall–Kier alpha value is -2.46. The zero-order chi connectivity index (χ0) is 18.8. The van der Waals surface area contributed by atoms with Gasteiger partial charge in [0.2, 0.25) is 5.91 Å². The zero-order valence-electron chi connectivity index (χ0n) is 14.5. The molecule has 1 aliphatic heterocycles. The molecule has 27 heavy (non-hydrogen) atoms. The fourth-order valence-electron chi connectivity index (χ4n) is 3.42. The molecule has 1 saturated heterocycles. The largest absolute Gasteiger partial charge is 0.324 e. The number of carbonyl (C=O) groups is 1. The summed E-state index contributed by atoms with van der Waals surface area (Å²) in [5, 5.41) is 13.6. The number of aromatic nitrogens is 1. The second-order valence-corrected chi connectivity index (χ2v) is 8.00. The highest BCUT2D eigenvalue weighted by molar-refractivity contribution is 7.18. The first kappa shape index (κ1) is 17.9. The van der Waals surface area contributed by atoms with Crippen LogP contribution in [0.2, 0.25) is 5.02 Å². The van der Waals surface area contributed by atoms with Gasteiger partial charge in [-0.3, -0.25) is 9.69 Å². The molecule has 0 spiro atoms. The molecule has 1 aromatic heterocycles. The number of nitriles is 1. The minimum atomic E-state index is -0.151. The van der Waals surface area contributed by atoms with Crippen molar-refractivity contribution in [3.05, 3.63) is 58.1 Å². The maximum Gasteiger partial charge on any atom is 0.238 e. The van der Waals surface area contributed by atoms with E-state index in [9.17, 15) is 10.1 Å². The number of nitrogens with one attached hydrogen (secondary N) is 1. The highest BCUT2D eigenvalue weighted by Gasteiger charge is 2.30. The Bertz CT molecular complexity index is 1010. The summed E-state index contributed by atoms with van der Waals surface area (Å²) in [5.74, 6) is -0.151. The van der Waals surface area contributed by atoms with Gasteiger partial charge in [-0.05, 0) is 49.7 Å². The number of hydrogen-bond acceptors (Lipinski definition) is 5. The van der Waals surface area contributed by atoms with Crippen LogP contribution in [0.3, 0.4) is 0 Å². The average Bonchev–Trinajstić information content (AvgIpc) is 3.28. The second-order valence-electron chi connectivity index (χ2n) is 6.50. The van der Waals surface area contributed by atoms with Gasteiger partial charge in [-0.25, -0.2) is 4.98 Å². The van der Waals surface area contributed by atoms with Crippen LogP contribution in [-0.2, 0) is 4.79 Å². The van der Waals surface area contributed by atoms with Gasteiger partial charge in [-0.1, -0.05) is 23.7 Å². The molecule has 0 saturated carbocycles. The number of para-hydroxylation sites is 1.